The van der Waals surface area contributed by atoms with Gasteiger partial charge in [-0.3, -0.25) is 9.59 Å². The SMILES string of the molecule is CCCCC(C(=O)OC)C(=O)C1CSC(C)C(C)S1. The highest BCUT2D eigenvalue weighted by Crippen LogP contribution is 2.37. The Hall–Kier alpha value is -0.160. The number of thioether (sulfide) groups is 2. The lowest BCUT2D eigenvalue weighted by molar-refractivity contribution is -0.149. The van der Waals surface area contributed by atoms with Crippen LogP contribution >= 0.6 is 23.5 Å². The first kappa shape index (κ1) is 16.9. The zero-order chi connectivity index (χ0) is 14.4. The normalized spacial score (nSPS) is 28.7. The van der Waals surface area contributed by atoms with Crippen molar-refractivity contribution in [2.75, 3.05) is 12.9 Å². The van der Waals surface area contributed by atoms with Crippen molar-refractivity contribution in [1.29, 1.82) is 0 Å². The Morgan fingerprint density at radius 2 is 2.00 bits per heavy atom. The molecule has 5 heteroatoms. The van der Waals surface area contributed by atoms with Crippen LogP contribution in [0.5, 0.6) is 0 Å². The standard InChI is InChI=1S/C14H24O3S2/c1-5-6-7-11(14(16)17-4)13(15)12-8-18-9(2)10(3)19-12/h9-12H,5-8H2,1-4H3. The van der Waals surface area contributed by atoms with Crippen LogP contribution in [0.25, 0.3) is 0 Å². The maximum Gasteiger partial charge on any atom is 0.316 e. The lowest BCUT2D eigenvalue weighted by Crippen LogP contribution is -2.38. The quantitative estimate of drug-likeness (QED) is 0.557. The fraction of sp³-hybridized carbons (Fsp3) is 0.857. The average Bonchev–Trinajstić information content (AvgIpc) is 2.41. The summed E-state index contributed by atoms with van der Waals surface area (Å²) in [6, 6.07) is 0. The minimum atomic E-state index is -0.566. The molecule has 0 bridgehead atoms. The lowest BCUT2D eigenvalue weighted by atomic mass is 9.95. The lowest BCUT2D eigenvalue weighted by Gasteiger charge is -2.31. The molecule has 3 nitrogen and oxygen atoms in total. The molecule has 0 spiro atoms. The number of ether oxygens (including phenoxy) is 1. The predicted molar refractivity (Wildman–Crippen MR) is 82.8 cm³/mol. The van der Waals surface area contributed by atoms with Gasteiger partial charge in [-0.1, -0.05) is 33.6 Å². The van der Waals surface area contributed by atoms with E-state index in [9.17, 15) is 9.59 Å². The molecule has 0 saturated carbocycles. The molecule has 1 fully saturated rings. The number of Topliss-reactive ketones (excluding diaryl/α,β-unsaturated/α-hetero) is 1. The van der Waals surface area contributed by atoms with Gasteiger partial charge in [-0.2, -0.15) is 11.8 Å². The molecule has 0 aromatic rings. The van der Waals surface area contributed by atoms with E-state index in [-0.39, 0.29) is 17.0 Å². The summed E-state index contributed by atoms with van der Waals surface area (Å²) < 4.78 is 4.79. The third-order valence-electron chi connectivity index (χ3n) is 3.54. The van der Waals surface area contributed by atoms with Crippen molar-refractivity contribution in [2.45, 2.75) is 55.8 Å². The number of carbonyl (C=O) groups is 2. The van der Waals surface area contributed by atoms with Crippen LogP contribution in [-0.2, 0) is 14.3 Å². The van der Waals surface area contributed by atoms with E-state index in [1.54, 1.807) is 11.8 Å². The summed E-state index contributed by atoms with van der Waals surface area (Å²) in [6.07, 6.45) is 2.50. The Morgan fingerprint density at radius 1 is 1.32 bits per heavy atom. The smallest absolute Gasteiger partial charge is 0.316 e. The van der Waals surface area contributed by atoms with Gasteiger partial charge in [0.2, 0.25) is 0 Å². The van der Waals surface area contributed by atoms with Crippen molar-refractivity contribution in [3.8, 4) is 0 Å². The molecule has 4 atom stereocenters. The average molecular weight is 304 g/mol. The number of unbranched alkanes of at least 4 members (excludes halogenated alkanes) is 1. The van der Waals surface area contributed by atoms with Crippen molar-refractivity contribution in [1.82, 2.24) is 0 Å². The van der Waals surface area contributed by atoms with E-state index in [4.69, 9.17) is 4.74 Å². The summed E-state index contributed by atoms with van der Waals surface area (Å²) in [5.41, 5.74) is 0. The first-order valence-corrected chi connectivity index (χ1v) is 8.89. The van der Waals surface area contributed by atoms with Crippen LogP contribution in [0.4, 0.5) is 0 Å². The van der Waals surface area contributed by atoms with Crippen LogP contribution in [0, 0.1) is 5.92 Å². The molecular formula is C14H24O3S2. The van der Waals surface area contributed by atoms with Gasteiger partial charge in [-0.05, 0) is 6.42 Å². The highest BCUT2D eigenvalue weighted by Gasteiger charge is 2.37. The van der Waals surface area contributed by atoms with E-state index >= 15 is 0 Å². The Labute approximate surface area is 124 Å². The second-order valence-corrected chi connectivity index (χ2v) is 7.98. The van der Waals surface area contributed by atoms with Crippen molar-refractivity contribution < 1.29 is 14.3 Å². The summed E-state index contributed by atoms with van der Waals surface area (Å²) in [7, 11) is 1.36. The molecule has 1 aliphatic rings. The fourth-order valence-electron chi connectivity index (χ4n) is 2.08. The molecule has 0 N–H and O–H groups in total. The summed E-state index contributed by atoms with van der Waals surface area (Å²) in [4.78, 5) is 24.3. The number of esters is 1. The third kappa shape index (κ3) is 4.71. The topological polar surface area (TPSA) is 43.4 Å². The van der Waals surface area contributed by atoms with Gasteiger partial charge in [0.1, 0.15) is 5.92 Å². The van der Waals surface area contributed by atoms with Crippen molar-refractivity contribution >= 4 is 35.3 Å². The Bertz CT molecular complexity index is 320. The van der Waals surface area contributed by atoms with Crippen LogP contribution in [-0.4, -0.2) is 40.4 Å². The monoisotopic (exact) mass is 304 g/mol. The van der Waals surface area contributed by atoms with Gasteiger partial charge >= 0.3 is 5.97 Å². The summed E-state index contributed by atoms with van der Waals surface area (Å²) in [6.45, 7) is 6.41. The first-order chi connectivity index (χ1) is 9.01. The summed E-state index contributed by atoms with van der Waals surface area (Å²) in [5.74, 6) is -0.0511. The van der Waals surface area contributed by atoms with E-state index in [2.05, 4.69) is 20.8 Å². The van der Waals surface area contributed by atoms with Gasteiger partial charge in [0, 0.05) is 16.3 Å². The van der Waals surface area contributed by atoms with Crippen LogP contribution in [0.3, 0.4) is 0 Å². The number of hydrogen-bond donors (Lipinski definition) is 0. The Balaban J connectivity index is 2.67. The minimum absolute atomic E-state index is 0.0582. The molecule has 0 radical (unpaired) electrons. The molecule has 0 aliphatic carbocycles. The molecule has 110 valence electrons. The van der Waals surface area contributed by atoms with Gasteiger partial charge in [0.05, 0.1) is 12.4 Å². The molecule has 1 heterocycles. The first-order valence-electron chi connectivity index (χ1n) is 6.89. The van der Waals surface area contributed by atoms with Gasteiger partial charge in [-0.25, -0.2) is 0 Å². The van der Waals surface area contributed by atoms with Crippen LogP contribution in [0.2, 0.25) is 0 Å². The molecule has 1 aliphatic heterocycles. The highest BCUT2D eigenvalue weighted by atomic mass is 32.2. The minimum Gasteiger partial charge on any atom is -0.468 e. The highest BCUT2D eigenvalue weighted by molar-refractivity contribution is 8.08. The van der Waals surface area contributed by atoms with Crippen molar-refractivity contribution in [3.63, 3.8) is 0 Å². The van der Waals surface area contributed by atoms with Crippen LogP contribution in [0.15, 0.2) is 0 Å². The summed E-state index contributed by atoms with van der Waals surface area (Å²) >= 11 is 3.54. The van der Waals surface area contributed by atoms with Gasteiger partial charge in [0.15, 0.2) is 5.78 Å². The number of rotatable bonds is 6. The van der Waals surface area contributed by atoms with Gasteiger partial charge in [-0.15, -0.1) is 11.8 Å². The van der Waals surface area contributed by atoms with E-state index in [1.807, 2.05) is 11.8 Å². The molecule has 19 heavy (non-hydrogen) atoms. The van der Waals surface area contributed by atoms with E-state index in [0.29, 0.717) is 16.9 Å². The van der Waals surface area contributed by atoms with E-state index < -0.39 is 5.92 Å². The maximum atomic E-state index is 12.5. The zero-order valence-corrected chi connectivity index (χ0v) is 13.8. The Kier molecular flexibility index (Phi) is 7.29. The number of carbonyl (C=O) groups excluding carboxylic acids is 2. The third-order valence-corrected chi connectivity index (χ3v) is 6.95. The summed E-state index contributed by atoms with van der Waals surface area (Å²) in [5, 5.41) is 0.968. The second-order valence-electron chi connectivity index (χ2n) is 4.99. The second kappa shape index (κ2) is 8.20. The number of methoxy groups -OCH3 is 1. The largest absolute Gasteiger partial charge is 0.468 e. The van der Waals surface area contributed by atoms with Crippen LogP contribution in [0.1, 0.15) is 40.0 Å². The van der Waals surface area contributed by atoms with Crippen LogP contribution < -0.4 is 0 Å². The number of ketones is 1. The van der Waals surface area contributed by atoms with E-state index in [1.165, 1.54) is 7.11 Å². The molecule has 1 saturated heterocycles. The van der Waals surface area contributed by atoms with Gasteiger partial charge in [0.25, 0.3) is 0 Å². The molecular weight excluding hydrogens is 280 g/mol. The van der Waals surface area contributed by atoms with Gasteiger partial charge < -0.3 is 4.74 Å². The fourth-order valence-corrected chi connectivity index (χ4v) is 5.01. The molecule has 0 aromatic carbocycles. The zero-order valence-electron chi connectivity index (χ0n) is 12.2. The predicted octanol–water partition coefficient (Wildman–Crippen LogP) is 3.16. The van der Waals surface area contributed by atoms with E-state index in [0.717, 1.165) is 18.6 Å². The van der Waals surface area contributed by atoms with Crippen molar-refractivity contribution in [3.05, 3.63) is 0 Å². The molecule has 0 amide bonds. The number of hydrogen-bond acceptors (Lipinski definition) is 5. The molecule has 0 aromatic heterocycles. The Morgan fingerprint density at radius 3 is 2.53 bits per heavy atom. The molecule has 1 rings (SSSR count). The van der Waals surface area contributed by atoms with Crippen molar-refractivity contribution in [2.24, 2.45) is 5.92 Å². The molecule has 4 unspecified atom stereocenters. The maximum absolute atomic E-state index is 12.5.